The normalized spacial score (nSPS) is 12.0. The lowest BCUT2D eigenvalue weighted by molar-refractivity contribution is -0.135. The highest BCUT2D eigenvalue weighted by molar-refractivity contribution is 5.84. The first-order valence-corrected chi connectivity index (χ1v) is 8.54. The van der Waals surface area contributed by atoms with E-state index in [1.165, 1.54) is 6.92 Å². The number of nitrogens with zero attached hydrogens (tertiary/aromatic N) is 1. The molecule has 1 amide bonds. The Hall–Kier alpha value is -1.68. The van der Waals surface area contributed by atoms with Crippen molar-refractivity contribution >= 4 is 11.7 Å². The zero-order chi connectivity index (χ0) is 17.1. The molecule has 0 aliphatic rings. The first-order valence-electron chi connectivity index (χ1n) is 8.54. The van der Waals surface area contributed by atoms with Crippen LogP contribution in [0, 0.1) is 5.92 Å². The minimum atomic E-state index is 0.0345. The number of unbranched alkanes of at least 4 members (excludes halogenated alkanes) is 1. The fourth-order valence-corrected chi connectivity index (χ4v) is 2.68. The maximum Gasteiger partial charge on any atom is 0.223 e. The molecule has 0 unspecified atom stereocenters. The zero-order valence-electron chi connectivity index (χ0n) is 14.5. The molecule has 0 fully saturated rings. The van der Waals surface area contributed by atoms with Gasteiger partial charge in [-0.1, -0.05) is 43.7 Å². The van der Waals surface area contributed by atoms with E-state index < -0.39 is 0 Å². The Morgan fingerprint density at radius 2 is 1.87 bits per heavy atom. The second-order valence-corrected chi connectivity index (χ2v) is 6.35. The largest absolute Gasteiger partial charge is 0.335 e. The van der Waals surface area contributed by atoms with Gasteiger partial charge in [-0.3, -0.25) is 9.59 Å². The van der Waals surface area contributed by atoms with E-state index in [9.17, 15) is 9.59 Å². The lowest BCUT2D eigenvalue weighted by atomic mass is 10.0. The van der Waals surface area contributed by atoms with Gasteiger partial charge in [-0.25, -0.2) is 0 Å². The smallest absolute Gasteiger partial charge is 0.223 e. The summed E-state index contributed by atoms with van der Waals surface area (Å²) in [5, 5.41) is 0. The number of hydrogen-bond donors (Lipinski definition) is 1. The molecule has 0 saturated heterocycles. The monoisotopic (exact) mass is 318 g/mol. The number of amides is 1. The Morgan fingerprint density at radius 1 is 1.17 bits per heavy atom. The molecule has 1 atom stereocenters. The van der Waals surface area contributed by atoms with Crippen LogP contribution in [0.15, 0.2) is 30.3 Å². The average Bonchev–Trinajstić information content (AvgIpc) is 2.53. The summed E-state index contributed by atoms with van der Waals surface area (Å²) in [6.07, 6.45) is 4.29. The highest BCUT2D eigenvalue weighted by Crippen LogP contribution is 2.12. The molecule has 1 aromatic carbocycles. The lowest BCUT2D eigenvalue weighted by Crippen LogP contribution is -2.38. The summed E-state index contributed by atoms with van der Waals surface area (Å²) >= 11 is 0. The van der Waals surface area contributed by atoms with Crippen LogP contribution >= 0.6 is 0 Å². The van der Waals surface area contributed by atoms with E-state index in [0.29, 0.717) is 25.4 Å². The van der Waals surface area contributed by atoms with Crippen molar-refractivity contribution in [2.24, 2.45) is 11.7 Å². The third-order valence-electron chi connectivity index (χ3n) is 3.92. The molecule has 2 N–H and O–H groups in total. The van der Waals surface area contributed by atoms with Crippen LogP contribution in [0.1, 0.15) is 45.1 Å². The van der Waals surface area contributed by atoms with Gasteiger partial charge >= 0.3 is 0 Å². The van der Waals surface area contributed by atoms with Crippen LogP contribution in [0.2, 0.25) is 0 Å². The number of aryl methyl sites for hydroxylation is 1. The van der Waals surface area contributed by atoms with Crippen molar-refractivity contribution in [2.75, 3.05) is 19.6 Å². The summed E-state index contributed by atoms with van der Waals surface area (Å²) < 4.78 is 0. The fraction of sp³-hybridized carbons (Fsp3) is 0.579. The number of ketones is 1. The van der Waals surface area contributed by atoms with Crippen LogP contribution in [-0.2, 0) is 16.0 Å². The van der Waals surface area contributed by atoms with Crippen LogP contribution in [0.5, 0.6) is 0 Å². The summed E-state index contributed by atoms with van der Waals surface area (Å²) in [6, 6.07) is 9.98. The molecule has 0 bridgehead atoms. The molecule has 0 heterocycles. The van der Waals surface area contributed by atoms with E-state index in [4.69, 9.17) is 5.73 Å². The molecule has 4 heteroatoms. The van der Waals surface area contributed by atoms with Gasteiger partial charge in [-0.2, -0.15) is 0 Å². The molecule has 128 valence electrons. The van der Waals surface area contributed by atoms with Crippen molar-refractivity contribution in [3.63, 3.8) is 0 Å². The fourth-order valence-electron chi connectivity index (χ4n) is 2.68. The quantitative estimate of drug-likeness (QED) is 0.638. The van der Waals surface area contributed by atoms with Crippen molar-refractivity contribution in [1.29, 1.82) is 0 Å². The van der Waals surface area contributed by atoms with Crippen LogP contribution in [0.25, 0.3) is 0 Å². The van der Waals surface area contributed by atoms with Gasteiger partial charge in [0.25, 0.3) is 0 Å². The number of Topliss-reactive ketones (excluding diaryl/α,β-unsaturated/α-hetero) is 1. The molecule has 23 heavy (non-hydrogen) atoms. The number of benzene rings is 1. The van der Waals surface area contributed by atoms with E-state index >= 15 is 0 Å². The Morgan fingerprint density at radius 3 is 2.48 bits per heavy atom. The van der Waals surface area contributed by atoms with Gasteiger partial charge in [0.2, 0.25) is 5.91 Å². The first-order chi connectivity index (χ1) is 11.0. The van der Waals surface area contributed by atoms with E-state index in [-0.39, 0.29) is 18.2 Å². The van der Waals surface area contributed by atoms with Gasteiger partial charge in [0, 0.05) is 13.0 Å². The molecule has 1 aromatic rings. The minimum absolute atomic E-state index is 0.0345. The Bertz CT molecular complexity index is 474. The van der Waals surface area contributed by atoms with Gasteiger partial charge in [-0.05, 0) is 44.2 Å². The van der Waals surface area contributed by atoms with E-state index in [2.05, 4.69) is 6.92 Å². The topological polar surface area (TPSA) is 63.4 Å². The number of hydrogen-bond acceptors (Lipinski definition) is 3. The van der Waals surface area contributed by atoms with E-state index in [1.54, 1.807) is 4.90 Å². The molecule has 0 aromatic heterocycles. The third kappa shape index (κ3) is 8.50. The number of carbonyl (C=O) groups excluding carboxylic acids is 2. The molecule has 4 nitrogen and oxygen atoms in total. The summed E-state index contributed by atoms with van der Waals surface area (Å²) in [5.74, 6) is 0.489. The number of carbonyl (C=O) groups is 2. The van der Waals surface area contributed by atoms with Gasteiger partial charge in [0.05, 0.1) is 6.54 Å². The van der Waals surface area contributed by atoms with Gasteiger partial charge in [0.1, 0.15) is 5.78 Å². The van der Waals surface area contributed by atoms with E-state index in [0.717, 1.165) is 31.2 Å². The maximum absolute atomic E-state index is 12.5. The molecule has 0 aliphatic carbocycles. The highest BCUT2D eigenvalue weighted by atomic mass is 16.2. The molecule has 1 rings (SSSR count). The summed E-state index contributed by atoms with van der Waals surface area (Å²) in [6.45, 7) is 5.25. The average molecular weight is 318 g/mol. The van der Waals surface area contributed by atoms with E-state index in [1.807, 2.05) is 30.3 Å². The van der Waals surface area contributed by atoms with Gasteiger partial charge in [0.15, 0.2) is 0 Å². The number of rotatable bonds is 11. The molecular weight excluding hydrogens is 288 g/mol. The Balaban J connectivity index is 2.51. The predicted octanol–water partition coefficient (Wildman–Crippen LogP) is 2.80. The molecule has 0 saturated carbocycles. The van der Waals surface area contributed by atoms with Crippen molar-refractivity contribution in [2.45, 2.75) is 46.0 Å². The van der Waals surface area contributed by atoms with Crippen molar-refractivity contribution in [3.05, 3.63) is 35.9 Å². The molecule has 0 radical (unpaired) electrons. The van der Waals surface area contributed by atoms with Gasteiger partial charge < -0.3 is 10.6 Å². The van der Waals surface area contributed by atoms with Crippen molar-refractivity contribution in [1.82, 2.24) is 4.90 Å². The Kier molecular flexibility index (Phi) is 9.22. The van der Waals surface area contributed by atoms with Crippen molar-refractivity contribution in [3.8, 4) is 0 Å². The molecular formula is C19H30N2O2. The highest BCUT2D eigenvalue weighted by Gasteiger charge is 2.17. The standard InChI is InChI=1S/C19H30N2O2/c1-16(8-6-7-13-20)14-21(15-17(2)22)19(23)12-11-18-9-4-3-5-10-18/h3-5,9-10,16H,6-8,11-15,20H2,1-2H3/t16-/m0/s1. The summed E-state index contributed by atoms with van der Waals surface area (Å²) in [5.41, 5.74) is 6.67. The summed E-state index contributed by atoms with van der Waals surface area (Å²) in [7, 11) is 0. The molecule has 0 spiro atoms. The Labute approximate surface area is 140 Å². The second kappa shape index (κ2) is 10.9. The van der Waals surface area contributed by atoms with Crippen LogP contribution in [0.4, 0.5) is 0 Å². The maximum atomic E-state index is 12.5. The predicted molar refractivity (Wildman–Crippen MR) is 94.1 cm³/mol. The third-order valence-corrected chi connectivity index (χ3v) is 3.92. The molecule has 0 aliphatic heterocycles. The zero-order valence-corrected chi connectivity index (χ0v) is 14.5. The minimum Gasteiger partial charge on any atom is -0.335 e. The van der Waals surface area contributed by atoms with Gasteiger partial charge in [-0.15, -0.1) is 0 Å². The first kappa shape index (κ1) is 19.4. The lowest BCUT2D eigenvalue weighted by Gasteiger charge is -2.25. The second-order valence-electron chi connectivity index (χ2n) is 6.35. The van der Waals surface area contributed by atoms with Crippen LogP contribution in [-0.4, -0.2) is 36.2 Å². The summed E-state index contributed by atoms with van der Waals surface area (Å²) in [4.78, 5) is 25.7. The SMILES string of the molecule is CC(=O)CN(C[C@@H](C)CCCCN)C(=O)CCc1ccccc1. The van der Waals surface area contributed by atoms with Crippen molar-refractivity contribution < 1.29 is 9.59 Å². The van der Waals surface area contributed by atoms with Crippen LogP contribution in [0.3, 0.4) is 0 Å². The number of nitrogens with two attached hydrogens (primary N) is 1. The van der Waals surface area contributed by atoms with Crippen LogP contribution < -0.4 is 5.73 Å².